The van der Waals surface area contributed by atoms with Crippen molar-refractivity contribution in [3.05, 3.63) is 35.4 Å². The van der Waals surface area contributed by atoms with Crippen LogP contribution in [0.3, 0.4) is 0 Å². The van der Waals surface area contributed by atoms with Crippen molar-refractivity contribution in [1.82, 2.24) is 0 Å². The van der Waals surface area contributed by atoms with Crippen molar-refractivity contribution < 1.29 is 13.6 Å². The monoisotopic (exact) mass is 227 g/mol. The van der Waals surface area contributed by atoms with Crippen LogP contribution in [0.1, 0.15) is 31.1 Å². The van der Waals surface area contributed by atoms with Crippen LogP contribution < -0.4 is 5.73 Å². The van der Waals surface area contributed by atoms with Crippen molar-refractivity contribution in [3.63, 3.8) is 0 Å². The molecule has 0 spiro atoms. The van der Waals surface area contributed by atoms with Gasteiger partial charge in [0.05, 0.1) is 11.6 Å². The van der Waals surface area contributed by atoms with Gasteiger partial charge in [-0.25, -0.2) is 8.78 Å². The smallest absolute Gasteiger partial charge is 0.182 e. The van der Waals surface area contributed by atoms with Crippen LogP contribution in [0.4, 0.5) is 8.78 Å². The molecule has 1 rings (SSSR count). The minimum Gasteiger partial charge on any atom is -0.321 e. The third-order valence-corrected chi connectivity index (χ3v) is 2.41. The second-order valence-corrected chi connectivity index (χ2v) is 4.83. The van der Waals surface area contributed by atoms with Gasteiger partial charge in [0.2, 0.25) is 0 Å². The molecular weight excluding hydrogens is 212 g/mol. The summed E-state index contributed by atoms with van der Waals surface area (Å²) in [6.45, 7) is 5.37. The summed E-state index contributed by atoms with van der Waals surface area (Å²) >= 11 is 0. The fraction of sp³-hybridized carbons (Fsp3) is 0.417. The average molecular weight is 227 g/mol. The number of ketones is 1. The highest BCUT2D eigenvalue weighted by Crippen LogP contribution is 2.22. The zero-order valence-electron chi connectivity index (χ0n) is 9.55. The van der Waals surface area contributed by atoms with Crippen LogP contribution in [0, 0.1) is 17.0 Å². The topological polar surface area (TPSA) is 43.1 Å². The van der Waals surface area contributed by atoms with Crippen molar-refractivity contribution in [2.45, 2.75) is 26.8 Å². The first-order valence-electron chi connectivity index (χ1n) is 4.98. The van der Waals surface area contributed by atoms with Gasteiger partial charge in [0.1, 0.15) is 11.6 Å². The fourth-order valence-corrected chi connectivity index (χ4v) is 1.25. The summed E-state index contributed by atoms with van der Waals surface area (Å²) in [5.41, 5.74) is 5.10. The minimum absolute atomic E-state index is 0.163. The van der Waals surface area contributed by atoms with Crippen LogP contribution in [-0.4, -0.2) is 11.8 Å². The van der Waals surface area contributed by atoms with E-state index < -0.39 is 28.9 Å². The third kappa shape index (κ3) is 2.64. The number of halogens is 2. The van der Waals surface area contributed by atoms with Crippen molar-refractivity contribution in [2.75, 3.05) is 0 Å². The summed E-state index contributed by atoms with van der Waals surface area (Å²) in [5, 5.41) is 0. The third-order valence-electron chi connectivity index (χ3n) is 2.41. The highest BCUT2D eigenvalue weighted by Gasteiger charge is 2.29. The van der Waals surface area contributed by atoms with Gasteiger partial charge in [-0.3, -0.25) is 4.79 Å². The van der Waals surface area contributed by atoms with Gasteiger partial charge in [-0.05, 0) is 17.5 Å². The maximum atomic E-state index is 13.3. The Hall–Kier alpha value is -1.29. The number of rotatable bonds is 2. The van der Waals surface area contributed by atoms with Crippen LogP contribution in [0.2, 0.25) is 0 Å². The molecule has 0 saturated heterocycles. The highest BCUT2D eigenvalue weighted by atomic mass is 19.1. The van der Waals surface area contributed by atoms with E-state index in [-0.39, 0.29) is 5.56 Å². The molecular formula is C12H15F2NO. The predicted molar refractivity (Wildman–Crippen MR) is 58.1 cm³/mol. The molecule has 88 valence electrons. The first-order chi connectivity index (χ1) is 7.23. The Morgan fingerprint density at radius 1 is 1.31 bits per heavy atom. The van der Waals surface area contributed by atoms with E-state index >= 15 is 0 Å². The standard InChI is InChI=1S/C12H15F2NO/c1-12(2,3)11(15)10(16)8-5-4-7(13)6-9(8)14/h4-6,11H,15H2,1-3H3. The van der Waals surface area contributed by atoms with E-state index in [4.69, 9.17) is 5.73 Å². The van der Waals surface area contributed by atoms with Crippen molar-refractivity contribution in [3.8, 4) is 0 Å². The predicted octanol–water partition coefficient (Wildman–Crippen LogP) is 2.52. The Morgan fingerprint density at radius 2 is 1.88 bits per heavy atom. The summed E-state index contributed by atoms with van der Waals surface area (Å²) in [6.07, 6.45) is 0. The summed E-state index contributed by atoms with van der Waals surface area (Å²) < 4.78 is 26.0. The Kier molecular flexibility index (Phi) is 3.43. The Bertz CT molecular complexity index is 410. The molecule has 1 aromatic carbocycles. The summed E-state index contributed by atoms with van der Waals surface area (Å²) in [7, 11) is 0. The molecule has 0 saturated carbocycles. The van der Waals surface area contributed by atoms with Crippen molar-refractivity contribution in [2.24, 2.45) is 11.1 Å². The Balaban J connectivity index is 3.06. The zero-order chi connectivity index (χ0) is 12.5. The van der Waals surface area contributed by atoms with E-state index in [1.807, 2.05) is 0 Å². The molecule has 2 N–H and O–H groups in total. The van der Waals surface area contributed by atoms with E-state index in [1.165, 1.54) is 0 Å². The first-order valence-corrected chi connectivity index (χ1v) is 4.98. The van der Waals surface area contributed by atoms with E-state index in [1.54, 1.807) is 20.8 Å². The van der Waals surface area contributed by atoms with Crippen LogP contribution >= 0.6 is 0 Å². The van der Waals surface area contributed by atoms with Crippen LogP contribution in [0.5, 0.6) is 0 Å². The van der Waals surface area contributed by atoms with Gasteiger partial charge in [-0.2, -0.15) is 0 Å². The van der Waals surface area contributed by atoms with Crippen molar-refractivity contribution in [1.29, 1.82) is 0 Å². The number of nitrogens with two attached hydrogens (primary N) is 1. The lowest BCUT2D eigenvalue weighted by Gasteiger charge is -2.25. The number of hydrogen-bond donors (Lipinski definition) is 1. The molecule has 0 aromatic heterocycles. The van der Waals surface area contributed by atoms with Gasteiger partial charge in [-0.15, -0.1) is 0 Å². The summed E-state index contributed by atoms with van der Waals surface area (Å²) in [5.74, 6) is -2.09. The number of hydrogen-bond acceptors (Lipinski definition) is 2. The van der Waals surface area contributed by atoms with E-state index in [0.29, 0.717) is 6.07 Å². The van der Waals surface area contributed by atoms with E-state index in [0.717, 1.165) is 12.1 Å². The van der Waals surface area contributed by atoms with Crippen molar-refractivity contribution >= 4 is 5.78 Å². The van der Waals surface area contributed by atoms with E-state index in [2.05, 4.69) is 0 Å². The molecule has 1 atom stereocenters. The fourth-order valence-electron chi connectivity index (χ4n) is 1.25. The molecule has 0 aliphatic heterocycles. The minimum atomic E-state index is -0.871. The molecule has 2 nitrogen and oxygen atoms in total. The summed E-state index contributed by atoms with van der Waals surface area (Å²) in [6, 6.07) is 2.04. The molecule has 0 heterocycles. The molecule has 0 bridgehead atoms. The van der Waals surface area contributed by atoms with Gasteiger partial charge in [-0.1, -0.05) is 20.8 Å². The molecule has 0 amide bonds. The zero-order valence-corrected chi connectivity index (χ0v) is 9.55. The molecule has 0 radical (unpaired) electrons. The normalized spacial score (nSPS) is 13.6. The molecule has 0 fully saturated rings. The maximum absolute atomic E-state index is 13.3. The SMILES string of the molecule is CC(C)(C)C(N)C(=O)c1ccc(F)cc1F. The Morgan fingerprint density at radius 3 is 2.31 bits per heavy atom. The molecule has 1 aromatic rings. The van der Waals surface area contributed by atoms with Crippen LogP contribution in [-0.2, 0) is 0 Å². The summed E-state index contributed by atoms with van der Waals surface area (Å²) in [4.78, 5) is 11.8. The number of benzene rings is 1. The van der Waals surface area contributed by atoms with Gasteiger partial charge < -0.3 is 5.73 Å². The quantitative estimate of drug-likeness (QED) is 0.789. The number of carbonyl (C=O) groups excluding carboxylic acids is 1. The number of Topliss-reactive ketones (excluding diaryl/α,β-unsaturated/α-hetero) is 1. The largest absolute Gasteiger partial charge is 0.321 e. The van der Waals surface area contributed by atoms with Gasteiger partial charge in [0.15, 0.2) is 5.78 Å². The van der Waals surface area contributed by atoms with Gasteiger partial charge in [0, 0.05) is 6.07 Å². The van der Waals surface area contributed by atoms with Crippen LogP contribution in [0.25, 0.3) is 0 Å². The highest BCUT2D eigenvalue weighted by molar-refractivity contribution is 6.00. The lowest BCUT2D eigenvalue weighted by molar-refractivity contribution is 0.0897. The number of carbonyl (C=O) groups is 1. The average Bonchev–Trinajstić information content (AvgIpc) is 2.14. The molecule has 4 heteroatoms. The Labute approximate surface area is 93.5 Å². The molecule has 1 unspecified atom stereocenters. The lowest BCUT2D eigenvalue weighted by atomic mass is 9.83. The molecule has 16 heavy (non-hydrogen) atoms. The maximum Gasteiger partial charge on any atom is 0.182 e. The second kappa shape index (κ2) is 4.29. The van der Waals surface area contributed by atoms with Crippen LogP contribution in [0.15, 0.2) is 18.2 Å². The lowest BCUT2D eigenvalue weighted by Crippen LogP contribution is -2.42. The van der Waals surface area contributed by atoms with Gasteiger partial charge >= 0.3 is 0 Å². The second-order valence-electron chi connectivity index (χ2n) is 4.83. The van der Waals surface area contributed by atoms with Gasteiger partial charge in [0.25, 0.3) is 0 Å². The first kappa shape index (κ1) is 12.8. The molecule has 0 aliphatic rings. The van der Waals surface area contributed by atoms with E-state index in [9.17, 15) is 13.6 Å². The molecule has 0 aliphatic carbocycles.